The second-order valence-electron chi connectivity index (χ2n) is 5.98. The maximum absolute atomic E-state index is 3.77. The SMILES string of the molecule is CC1Cc2ccccc2NC1CC1CCCC1. The fourth-order valence-electron chi connectivity index (χ4n) is 3.57. The van der Waals surface area contributed by atoms with Crippen LogP contribution in [0.2, 0.25) is 0 Å². The summed E-state index contributed by atoms with van der Waals surface area (Å²) in [6, 6.07) is 9.51. The molecule has 2 aliphatic rings. The second kappa shape index (κ2) is 4.72. The van der Waals surface area contributed by atoms with E-state index < -0.39 is 0 Å². The molecule has 1 saturated carbocycles. The van der Waals surface area contributed by atoms with E-state index in [-0.39, 0.29) is 0 Å². The van der Waals surface area contributed by atoms with Crippen LogP contribution >= 0.6 is 0 Å². The maximum atomic E-state index is 3.77. The van der Waals surface area contributed by atoms with E-state index in [1.54, 1.807) is 0 Å². The predicted octanol–water partition coefficient (Wildman–Crippen LogP) is 4.24. The molecule has 0 amide bonds. The molecular formula is C16H23N. The Morgan fingerprint density at radius 3 is 2.76 bits per heavy atom. The van der Waals surface area contributed by atoms with Crippen molar-refractivity contribution in [2.75, 3.05) is 5.32 Å². The van der Waals surface area contributed by atoms with Gasteiger partial charge in [0.2, 0.25) is 0 Å². The molecule has 2 atom stereocenters. The van der Waals surface area contributed by atoms with Crippen LogP contribution in [0.4, 0.5) is 5.69 Å². The van der Waals surface area contributed by atoms with Crippen LogP contribution in [-0.2, 0) is 6.42 Å². The van der Waals surface area contributed by atoms with E-state index in [1.165, 1.54) is 49.8 Å². The highest BCUT2D eigenvalue weighted by molar-refractivity contribution is 5.54. The van der Waals surface area contributed by atoms with Crippen LogP contribution < -0.4 is 5.32 Å². The van der Waals surface area contributed by atoms with Crippen molar-refractivity contribution in [1.29, 1.82) is 0 Å². The van der Waals surface area contributed by atoms with Gasteiger partial charge in [0.25, 0.3) is 0 Å². The monoisotopic (exact) mass is 229 g/mol. The Balaban J connectivity index is 1.70. The highest BCUT2D eigenvalue weighted by atomic mass is 14.9. The molecule has 17 heavy (non-hydrogen) atoms. The first-order valence-corrected chi connectivity index (χ1v) is 7.17. The standard InChI is InChI=1S/C16H23N/c1-12-10-14-8-4-5-9-15(14)17-16(12)11-13-6-2-3-7-13/h4-5,8-9,12-13,16-17H,2-3,6-7,10-11H2,1H3. The number of para-hydroxylation sites is 1. The first-order chi connectivity index (χ1) is 8.33. The van der Waals surface area contributed by atoms with Crippen molar-refractivity contribution in [3.8, 4) is 0 Å². The summed E-state index contributed by atoms with van der Waals surface area (Å²) >= 11 is 0. The molecule has 3 rings (SSSR count). The smallest absolute Gasteiger partial charge is 0.0375 e. The van der Waals surface area contributed by atoms with Gasteiger partial charge in [-0.1, -0.05) is 50.8 Å². The Kier molecular flexibility index (Phi) is 3.09. The largest absolute Gasteiger partial charge is 0.382 e. The Hall–Kier alpha value is -0.980. The molecule has 1 aliphatic heterocycles. The molecule has 1 aromatic carbocycles. The van der Waals surface area contributed by atoms with Gasteiger partial charge >= 0.3 is 0 Å². The van der Waals surface area contributed by atoms with Crippen molar-refractivity contribution in [2.45, 2.75) is 51.5 Å². The fraction of sp³-hybridized carbons (Fsp3) is 0.625. The van der Waals surface area contributed by atoms with Crippen molar-refractivity contribution in [2.24, 2.45) is 11.8 Å². The molecule has 2 unspecified atom stereocenters. The maximum Gasteiger partial charge on any atom is 0.0375 e. The van der Waals surface area contributed by atoms with Crippen molar-refractivity contribution in [3.05, 3.63) is 29.8 Å². The molecular weight excluding hydrogens is 206 g/mol. The average Bonchev–Trinajstić information content (AvgIpc) is 2.83. The van der Waals surface area contributed by atoms with E-state index in [0.29, 0.717) is 6.04 Å². The number of hydrogen-bond donors (Lipinski definition) is 1. The zero-order chi connectivity index (χ0) is 11.7. The zero-order valence-electron chi connectivity index (χ0n) is 10.8. The molecule has 92 valence electrons. The molecule has 1 heteroatoms. The van der Waals surface area contributed by atoms with Gasteiger partial charge < -0.3 is 5.32 Å². The molecule has 0 spiro atoms. The van der Waals surface area contributed by atoms with E-state index in [0.717, 1.165) is 11.8 Å². The molecule has 0 bridgehead atoms. The van der Waals surface area contributed by atoms with Gasteiger partial charge in [-0.3, -0.25) is 0 Å². The third kappa shape index (κ3) is 2.34. The Morgan fingerprint density at radius 1 is 1.18 bits per heavy atom. The Morgan fingerprint density at radius 2 is 1.94 bits per heavy atom. The number of nitrogens with one attached hydrogen (secondary N) is 1. The van der Waals surface area contributed by atoms with E-state index in [2.05, 4.69) is 36.5 Å². The molecule has 1 nitrogen and oxygen atoms in total. The molecule has 1 N–H and O–H groups in total. The summed E-state index contributed by atoms with van der Waals surface area (Å²) in [6.07, 6.45) is 8.49. The topological polar surface area (TPSA) is 12.0 Å². The fourth-order valence-corrected chi connectivity index (χ4v) is 3.57. The summed E-state index contributed by atoms with van der Waals surface area (Å²) in [7, 11) is 0. The van der Waals surface area contributed by atoms with Gasteiger partial charge in [-0.05, 0) is 36.3 Å². The lowest BCUT2D eigenvalue weighted by molar-refractivity contribution is 0.369. The lowest BCUT2D eigenvalue weighted by Gasteiger charge is -2.34. The van der Waals surface area contributed by atoms with Crippen molar-refractivity contribution in [1.82, 2.24) is 0 Å². The van der Waals surface area contributed by atoms with Crippen molar-refractivity contribution in [3.63, 3.8) is 0 Å². The molecule has 0 radical (unpaired) electrons. The average molecular weight is 229 g/mol. The quantitative estimate of drug-likeness (QED) is 0.800. The third-order valence-corrected chi connectivity index (χ3v) is 4.65. The highest BCUT2D eigenvalue weighted by Crippen LogP contribution is 2.35. The van der Waals surface area contributed by atoms with Gasteiger partial charge in [0, 0.05) is 11.7 Å². The molecule has 1 fully saturated rings. The lowest BCUT2D eigenvalue weighted by atomic mass is 9.83. The van der Waals surface area contributed by atoms with Gasteiger partial charge in [-0.2, -0.15) is 0 Å². The lowest BCUT2D eigenvalue weighted by Crippen LogP contribution is -2.34. The zero-order valence-corrected chi connectivity index (χ0v) is 10.8. The number of anilines is 1. The minimum Gasteiger partial charge on any atom is -0.382 e. The minimum atomic E-state index is 0.702. The first kappa shape index (κ1) is 11.1. The second-order valence-corrected chi connectivity index (χ2v) is 5.98. The molecule has 1 aliphatic carbocycles. The van der Waals surface area contributed by atoms with E-state index in [9.17, 15) is 0 Å². The van der Waals surface area contributed by atoms with Crippen LogP contribution in [0.3, 0.4) is 0 Å². The van der Waals surface area contributed by atoms with Gasteiger partial charge in [-0.15, -0.1) is 0 Å². The third-order valence-electron chi connectivity index (χ3n) is 4.65. The van der Waals surface area contributed by atoms with E-state index in [1.807, 2.05) is 0 Å². The minimum absolute atomic E-state index is 0.702. The van der Waals surface area contributed by atoms with Crippen LogP contribution in [0.25, 0.3) is 0 Å². The normalized spacial score (nSPS) is 28.8. The highest BCUT2D eigenvalue weighted by Gasteiger charge is 2.27. The predicted molar refractivity (Wildman–Crippen MR) is 73.3 cm³/mol. The summed E-state index contributed by atoms with van der Waals surface area (Å²) in [6.45, 7) is 2.41. The Labute approximate surface area is 105 Å². The van der Waals surface area contributed by atoms with E-state index >= 15 is 0 Å². The summed E-state index contributed by atoms with van der Waals surface area (Å²) in [5.74, 6) is 1.77. The summed E-state index contributed by atoms with van der Waals surface area (Å²) < 4.78 is 0. The molecule has 0 aromatic heterocycles. The summed E-state index contributed by atoms with van der Waals surface area (Å²) in [4.78, 5) is 0. The molecule has 1 aromatic rings. The van der Waals surface area contributed by atoms with E-state index in [4.69, 9.17) is 0 Å². The van der Waals surface area contributed by atoms with Crippen molar-refractivity contribution >= 4 is 5.69 Å². The summed E-state index contributed by atoms with van der Waals surface area (Å²) in [5.41, 5.74) is 2.89. The van der Waals surface area contributed by atoms with Gasteiger partial charge in [0.05, 0.1) is 0 Å². The number of benzene rings is 1. The number of rotatable bonds is 2. The van der Waals surface area contributed by atoms with Crippen LogP contribution in [0.15, 0.2) is 24.3 Å². The number of fused-ring (bicyclic) bond motifs is 1. The van der Waals surface area contributed by atoms with Crippen LogP contribution in [0, 0.1) is 11.8 Å². The van der Waals surface area contributed by atoms with Gasteiger partial charge in [0.15, 0.2) is 0 Å². The summed E-state index contributed by atoms with van der Waals surface area (Å²) in [5, 5.41) is 3.77. The van der Waals surface area contributed by atoms with Crippen LogP contribution in [-0.4, -0.2) is 6.04 Å². The van der Waals surface area contributed by atoms with Crippen LogP contribution in [0.5, 0.6) is 0 Å². The van der Waals surface area contributed by atoms with Gasteiger partial charge in [0.1, 0.15) is 0 Å². The number of hydrogen-bond acceptors (Lipinski definition) is 1. The Bertz CT molecular complexity index is 379. The molecule has 0 saturated heterocycles. The molecule has 1 heterocycles. The first-order valence-electron chi connectivity index (χ1n) is 7.17. The van der Waals surface area contributed by atoms with Crippen molar-refractivity contribution < 1.29 is 0 Å². The van der Waals surface area contributed by atoms with Gasteiger partial charge in [-0.25, -0.2) is 0 Å². The van der Waals surface area contributed by atoms with Crippen LogP contribution in [0.1, 0.15) is 44.6 Å².